The Morgan fingerprint density at radius 1 is 1.27 bits per heavy atom. The maximum Gasteiger partial charge on any atom is 0.159 e. The molecule has 0 aromatic carbocycles. The number of halogens is 1. The highest BCUT2D eigenvalue weighted by Crippen LogP contribution is 2.16. The molecule has 0 radical (unpaired) electrons. The zero-order valence-electron chi connectivity index (χ0n) is 8.31. The van der Waals surface area contributed by atoms with E-state index in [0.29, 0.717) is 0 Å². The molecule has 0 N–H and O–H groups in total. The van der Waals surface area contributed by atoms with Crippen LogP contribution in [0.25, 0.3) is 11.4 Å². The van der Waals surface area contributed by atoms with Crippen molar-refractivity contribution in [1.82, 2.24) is 15.0 Å². The van der Waals surface area contributed by atoms with Crippen LogP contribution in [0.5, 0.6) is 0 Å². The fraction of sp³-hybridized carbons (Fsp3) is 0.182. The van der Waals surface area contributed by atoms with E-state index in [0.717, 1.165) is 28.0 Å². The first-order chi connectivity index (χ1) is 7.31. The van der Waals surface area contributed by atoms with Crippen molar-refractivity contribution in [2.45, 2.75) is 12.3 Å². The van der Waals surface area contributed by atoms with Crippen molar-refractivity contribution in [3.8, 4) is 11.4 Å². The van der Waals surface area contributed by atoms with Gasteiger partial charge in [0.15, 0.2) is 5.82 Å². The summed E-state index contributed by atoms with van der Waals surface area (Å²) in [5.41, 5.74) is 3.12. The van der Waals surface area contributed by atoms with Crippen molar-refractivity contribution in [3.05, 3.63) is 42.0 Å². The molecule has 0 aliphatic heterocycles. The Hall–Kier alpha value is -1.29. The first-order valence-corrected chi connectivity index (χ1v) is 5.72. The predicted molar refractivity (Wildman–Crippen MR) is 62.6 cm³/mol. The van der Waals surface area contributed by atoms with Gasteiger partial charge in [0.1, 0.15) is 0 Å². The minimum absolute atomic E-state index is 0.748. The van der Waals surface area contributed by atoms with E-state index in [1.165, 1.54) is 0 Å². The lowest BCUT2D eigenvalue weighted by Gasteiger charge is -2.04. The Labute approximate surface area is 96.7 Å². The summed E-state index contributed by atoms with van der Waals surface area (Å²) >= 11 is 3.41. The maximum absolute atomic E-state index is 4.48. The molecule has 2 aromatic heterocycles. The van der Waals surface area contributed by atoms with E-state index in [2.05, 4.69) is 30.9 Å². The lowest BCUT2D eigenvalue weighted by Crippen LogP contribution is -1.96. The molecule has 0 fully saturated rings. The summed E-state index contributed by atoms with van der Waals surface area (Å²) in [4.78, 5) is 12.7. The van der Waals surface area contributed by atoms with Crippen LogP contribution >= 0.6 is 15.9 Å². The smallest absolute Gasteiger partial charge is 0.159 e. The molecule has 15 heavy (non-hydrogen) atoms. The molecular weight excluding hydrogens is 254 g/mol. The van der Waals surface area contributed by atoms with Gasteiger partial charge in [0.2, 0.25) is 0 Å². The lowest BCUT2D eigenvalue weighted by atomic mass is 10.2. The summed E-state index contributed by atoms with van der Waals surface area (Å²) in [5.74, 6) is 0.748. The number of aryl methyl sites for hydroxylation is 1. The number of nitrogens with zero attached hydrogens (tertiary/aromatic N) is 3. The van der Waals surface area contributed by atoms with Crippen molar-refractivity contribution < 1.29 is 0 Å². The van der Waals surface area contributed by atoms with E-state index in [4.69, 9.17) is 0 Å². The highest BCUT2D eigenvalue weighted by atomic mass is 79.9. The Bertz CT molecular complexity index is 457. The molecule has 2 heterocycles. The highest BCUT2D eigenvalue weighted by molar-refractivity contribution is 9.08. The van der Waals surface area contributed by atoms with Gasteiger partial charge in [-0.2, -0.15) is 0 Å². The van der Waals surface area contributed by atoms with Crippen LogP contribution in [-0.2, 0) is 5.33 Å². The Morgan fingerprint density at radius 3 is 2.67 bits per heavy atom. The van der Waals surface area contributed by atoms with Gasteiger partial charge in [-0.15, -0.1) is 0 Å². The fourth-order valence-electron chi connectivity index (χ4n) is 1.25. The molecule has 76 valence electrons. The second kappa shape index (κ2) is 4.49. The average molecular weight is 264 g/mol. The van der Waals surface area contributed by atoms with E-state index in [-0.39, 0.29) is 0 Å². The maximum atomic E-state index is 4.48. The van der Waals surface area contributed by atoms with E-state index < -0.39 is 0 Å². The summed E-state index contributed by atoms with van der Waals surface area (Å²) < 4.78 is 0. The van der Waals surface area contributed by atoms with Crippen molar-refractivity contribution >= 4 is 15.9 Å². The van der Waals surface area contributed by atoms with E-state index in [9.17, 15) is 0 Å². The van der Waals surface area contributed by atoms with Gasteiger partial charge in [0.25, 0.3) is 0 Å². The Morgan fingerprint density at radius 2 is 2.00 bits per heavy atom. The van der Waals surface area contributed by atoms with Crippen LogP contribution in [-0.4, -0.2) is 15.0 Å². The lowest BCUT2D eigenvalue weighted by molar-refractivity contribution is 1.06. The van der Waals surface area contributed by atoms with Gasteiger partial charge in [0, 0.05) is 29.5 Å². The number of hydrogen-bond acceptors (Lipinski definition) is 3. The van der Waals surface area contributed by atoms with Gasteiger partial charge in [-0.1, -0.05) is 15.9 Å². The summed E-state index contributed by atoms with van der Waals surface area (Å²) in [6.45, 7) is 2.01. The minimum Gasteiger partial charge on any atom is -0.265 e. The van der Waals surface area contributed by atoms with Crippen LogP contribution in [0.3, 0.4) is 0 Å². The Kier molecular flexibility index (Phi) is 3.06. The average Bonchev–Trinajstić information content (AvgIpc) is 2.31. The highest BCUT2D eigenvalue weighted by Gasteiger charge is 2.04. The Balaban J connectivity index is 2.46. The third kappa shape index (κ3) is 2.21. The van der Waals surface area contributed by atoms with Gasteiger partial charge in [0.05, 0.1) is 5.69 Å². The molecule has 0 saturated carbocycles. The van der Waals surface area contributed by atoms with Gasteiger partial charge in [-0.25, -0.2) is 9.97 Å². The summed E-state index contributed by atoms with van der Waals surface area (Å²) in [6.07, 6.45) is 5.33. The summed E-state index contributed by atoms with van der Waals surface area (Å²) in [5, 5.41) is 0.749. The number of hydrogen-bond donors (Lipinski definition) is 0. The van der Waals surface area contributed by atoms with E-state index in [1.54, 1.807) is 12.4 Å². The third-order valence-electron chi connectivity index (χ3n) is 2.14. The zero-order chi connectivity index (χ0) is 10.7. The SMILES string of the molecule is Cc1cnc(-c2ccncc2)nc1CBr. The minimum atomic E-state index is 0.748. The number of rotatable bonds is 2. The molecule has 0 aliphatic rings. The molecular formula is C11H10BrN3. The zero-order valence-corrected chi connectivity index (χ0v) is 9.90. The molecule has 4 heteroatoms. The first kappa shape index (κ1) is 10.2. The molecule has 0 spiro atoms. The number of aromatic nitrogens is 3. The molecule has 0 amide bonds. The van der Waals surface area contributed by atoms with Crippen LogP contribution < -0.4 is 0 Å². The predicted octanol–water partition coefficient (Wildman–Crippen LogP) is 2.74. The first-order valence-electron chi connectivity index (χ1n) is 4.60. The summed E-state index contributed by atoms with van der Waals surface area (Å²) in [7, 11) is 0. The quantitative estimate of drug-likeness (QED) is 0.783. The van der Waals surface area contributed by atoms with Crippen LogP contribution in [0.1, 0.15) is 11.3 Å². The second-order valence-corrected chi connectivity index (χ2v) is 3.75. The summed E-state index contributed by atoms with van der Waals surface area (Å²) in [6, 6.07) is 3.81. The van der Waals surface area contributed by atoms with Gasteiger partial charge in [-0.3, -0.25) is 4.98 Å². The third-order valence-corrected chi connectivity index (χ3v) is 2.67. The van der Waals surface area contributed by atoms with Gasteiger partial charge >= 0.3 is 0 Å². The van der Waals surface area contributed by atoms with Crippen molar-refractivity contribution in [2.75, 3.05) is 0 Å². The molecule has 0 bridgehead atoms. The number of pyridine rings is 1. The normalized spacial score (nSPS) is 10.3. The van der Waals surface area contributed by atoms with Crippen molar-refractivity contribution in [3.63, 3.8) is 0 Å². The van der Waals surface area contributed by atoms with Gasteiger partial charge in [-0.05, 0) is 24.6 Å². The van der Waals surface area contributed by atoms with Crippen LogP contribution in [0.15, 0.2) is 30.7 Å². The molecule has 0 atom stereocenters. The van der Waals surface area contributed by atoms with Gasteiger partial charge < -0.3 is 0 Å². The number of alkyl halides is 1. The molecule has 2 rings (SSSR count). The van der Waals surface area contributed by atoms with Crippen LogP contribution in [0.4, 0.5) is 0 Å². The van der Waals surface area contributed by atoms with E-state index >= 15 is 0 Å². The largest absolute Gasteiger partial charge is 0.265 e. The topological polar surface area (TPSA) is 38.7 Å². The monoisotopic (exact) mass is 263 g/mol. The standard InChI is InChI=1S/C11H10BrN3/c1-8-7-14-11(15-10(8)6-12)9-2-4-13-5-3-9/h2-5,7H,6H2,1H3. The van der Waals surface area contributed by atoms with Crippen molar-refractivity contribution in [2.24, 2.45) is 0 Å². The molecule has 3 nitrogen and oxygen atoms in total. The second-order valence-electron chi connectivity index (χ2n) is 3.19. The molecule has 2 aromatic rings. The molecule has 0 saturated heterocycles. The van der Waals surface area contributed by atoms with Crippen LogP contribution in [0, 0.1) is 6.92 Å². The van der Waals surface area contributed by atoms with E-state index in [1.807, 2.05) is 25.3 Å². The van der Waals surface area contributed by atoms with Crippen molar-refractivity contribution in [1.29, 1.82) is 0 Å². The van der Waals surface area contributed by atoms with Crippen LogP contribution in [0.2, 0.25) is 0 Å². The fourth-order valence-corrected chi connectivity index (χ4v) is 1.82. The molecule has 0 aliphatic carbocycles. The molecule has 0 unspecified atom stereocenters.